The van der Waals surface area contributed by atoms with Crippen molar-refractivity contribution in [3.8, 4) is 18.0 Å². The maximum atomic E-state index is 12.7. The summed E-state index contributed by atoms with van der Waals surface area (Å²) in [6, 6.07) is 3.26. The molecule has 0 aliphatic rings. The van der Waals surface area contributed by atoms with Crippen molar-refractivity contribution in [2.24, 2.45) is 0 Å². The number of hydrogen-bond donors (Lipinski definition) is 0. The van der Waals surface area contributed by atoms with Gasteiger partial charge in [-0.25, -0.2) is 13.8 Å². The van der Waals surface area contributed by atoms with Gasteiger partial charge in [-0.2, -0.15) is 10.5 Å². The summed E-state index contributed by atoms with van der Waals surface area (Å²) in [5, 5.41) is 17.1. The monoisotopic (exact) mass is 277 g/mol. The van der Waals surface area contributed by atoms with Gasteiger partial charge in [0.05, 0.1) is 12.5 Å². The molecule has 0 radical (unpaired) electrons. The molecule has 9 heteroatoms. The lowest BCUT2D eigenvalue weighted by Crippen LogP contribution is -2.19. The van der Waals surface area contributed by atoms with Crippen LogP contribution in [-0.2, 0) is 6.42 Å². The van der Waals surface area contributed by atoms with Crippen LogP contribution < -0.4 is 4.74 Å². The summed E-state index contributed by atoms with van der Waals surface area (Å²) in [6.45, 7) is 0. The Kier molecular flexibility index (Phi) is 4.22. The minimum Gasteiger partial charge on any atom is -0.388 e. The first-order valence-electron chi connectivity index (χ1n) is 4.63. The molecule has 0 saturated carbocycles. The largest absolute Gasteiger partial charge is 0.574 e. The number of hydrogen-bond acceptors (Lipinski definition) is 4. The predicted octanol–water partition coefficient (Wildman–Crippen LogP) is 2.86. The van der Waals surface area contributed by atoms with Gasteiger partial charge in [-0.05, 0) is 0 Å². The van der Waals surface area contributed by atoms with Crippen molar-refractivity contribution < 1.29 is 26.7 Å². The highest BCUT2D eigenvalue weighted by molar-refractivity contribution is 5.43. The second-order valence-corrected chi connectivity index (χ2v) is 3.17. The van der Waals surface area contributed by atoms with Gasteiger partial charge in [-0.1, -0.05) is 0 Å². The van der Waals surface area contributed by atoms with Gasteiger partial charge in [-0.3, -0.25) is 0 Å². The number of nitriles is 2. The van der Waals surface area contributed by atoms with Crippen molar-refractivity contribution in [2.75, 3.05) is 0 Å². The molecule has 0 aromatic carbocycles. The van der Waals surface area contributed by atoms with E-state index in [0.717, 1.165) is 0 Å². The number of pyridine rings is 1. The molecule has 0 N–H and O–H groups in total. The fraction of sp³-hybridized carbons (Fsp3) is 0.300. The molecular weight excluding hydrogens is 273 g/mol. The van der Waals surface area contributed by atoms with Gasteiger partial charge in [0, 0.05) is 17.2 Å². The number of ether oxygens (including phenoxy) is 1. The van der Waals surface area contributed by atoms with E-state index >= 15 is 0 Å². The average Bonchev–Trinajstić information content (AvgIpc) is 2.28. The number of alkyl halides is 5. The minimum atomic E-state index is -5.12. The second-order valence-electron chi connectivity index (χ2n) is 3.17. The quantitative estimate of drug-likeness (QED) is 0.796. The summed E-state index contributed by atoms with van der Waals surface area (Å²) in [5.41, 5.74) is -1.99. The predicted molar refractivity (Wildman–Crippen MR) is 49.9 cm³/mol. The number of nitrogens with zero attached hydrogens (tertiary/aromatic N) is 3. The van der Waals surface area contributed by atoms with Gasteiger partial charge in [0.15, 0.2) is 0 Å². The van der Waals surface area contributed by atoms with Crippen molar-refractivity contribution in [1.82, 2.24) is 4.98 Å². The molecule has 100 valence electrons. The molecule has 0 bridgehead atoms. The van der Waals surface area contributed by atoms with E-state index in [-0.39, 0.29) is 0 Å². The first-order valence-corrected chi connectivity index (χ1v) is 4.63. The average molecular weight is 277 g/mol. The molecule has 0 saturated heterocycles. The van der Waals surface area contributed by atoms with Crippen LogP contribution in [0.1, 0.15) is 23.2 Å². The maximum Gasteiger partial charge on any atom is 0.574 e. The van der Waals surface area contributed by atoms with E-state index in [0.29, 0.717) is 6.07 Å². The minimum absolute atomic E-state index is 0.367. The van der Waals surface area contributed by atoms with Gasteiger partial charge in [-0.15, -0.1) is 13.2 Å². The van der Waals surface area contributed by atoms with Gasteiger partial charge < -0.3 is 4.74 Å². The number of rotatable bonds is 3. The number of aromatic nitrogens is 1. The summed E-state index contributed by atoms with van der Waals surface area (Å²) in [5.74, 6) is -1.17. The van der Waals surface area contributed by atoms with Crippen molar-refractivity contribution >= 4 is 0 Å². The van der Waals surface area contributed by atoms with Crippen molar-refractivity contribution in [3.63, 3.8) is 0 Å². The Labute approximate surface area is 103 Å². The lowest BCUT2D eigenvalue weighted by molar-refractivity contribution is -0.276. The van der Waals surface area contributed by atoms with E-state index in [1.165, 1.54) is 12.1 Å². The van der Waals surface area contributed by atoms with Crippen LogP contribution in [0.2, 0.25) is 0 Å². The Hall–Kier alpha value is -2.42. The van der Waals surface area contributed by atoms with E-state index in [1.54, 1.807) is 0 Å². The lowest BCUT2D eigenvalue weighted by atomic mass is 10.0. The Morgan fingerprint density at radius 2 is 1.95 bits per heavy atom. The van der Waals surface area contributed by atoms with Crippen LogP contribution in [-0.4, -0.2) is 11.3 Å². The zero-order valence-corrected chi connectivity index (χ0v) is 9.00. The Morgan fingerprint density at radius 3 is 2.37 bits per heavy atom. The highest BCUT2D eigenvalue weighted by Crippen LogP contribution is 2.30. The van der Waals surface area contributed by atoms with Crippen molar-refractivity contribution in [3.05, 3.63) is 22.9 Å². The van der Waals surface area contributed by atoms with Crippen molar-refractivity contribution in [2.45, 2.75) is 19.2 Å². The summed E-state index contributed by atoms with van der Waals surface area (Å²) in [6.07, 6.45) is -8.84. The van der Waals surface area contributed by atoms with Crippen LogP contribution in [0.5, 0.6) is 5.88 Å². The van der Waals surface area contributed by atoms with Gasteiger partial charge in [0.1, 0.15) is 11.8 Å². The molecule has 1 heterocycles. The molecule has 1 aromatic rings. The van der Waals surface area contributed by atoms with Crippen LogP contribution >= 0.6 is 0 Å². The second kappa shape index (κ2) is 5.48. The van der Waals surface area contributed by atoms with Crippen molar-refractivity contribution in [1.29, 1.82) is 10.5 Å². The first-order chi connectivity index (χ1) is 8.78. The Bertz CT molecular complexity index is 556. The molecule has 4 nitrogen and oxygen atoms in total. The lowest BCUT2D eigenvalue weighted by Gasteiger charge is -2.12. The molecule has 0 atom stereocenters. The zero-order valence-electron chi connectivity index (χ0n) is 9.00. The highest BCUT2D eigenvalue weighted by atomic mass is 19.4. The molecule has 1 rings (SSSR count). The van der Waals surface area contributed by atoms with Gasteiger partial charge in [0.25, 0.3) is 6.43 Å². The van der Waals surface area contributed by atoms with Gasteiger partial charge in [0.2, 0.25) is 5.88 Å². The fourth-order valence-corrected chi connectivity index (χ4v) is 1.29. The maximum absolute atomic E-state index is 12.7. The van der Waals surface area contributed by atoms with E-state index in [9.17, 15) is 22.0 Å². The molecule has 0 amide bonds. The van der Waals surface area contributed by atoms with Crippen LogP contribution in [0.4, 0.5) is 22.0 Å². The summed E-state index contributed by atoms with van der Waals surface area (Å²) in [4.78, 5) is 3.15. The topological polar surface area (TPSA) is 69.7 Å². The highest BCUT2D eigenvalue weighted by Gasteiger charge is 2.33. The summed E-state index contributed by atoms with van der Waals surface area (Å²) < 4.78 is 64.7. The molecule has 0 aliphatic carbocycles. The van der Waals surface area contributed by atoms with Crippen LogP contribution in [0.25, 0.3) is 0 Å². The first kappa shape index (κ1) is 14.6. The van der Waals surface area contributed by atoms with Crippen LogP contribution in [0.15, 0.2) is 6.07 Å². The standard InChI is InChI=1S/C10H4F5N3O/c11-9(12)6-3-8(19-10(13,14)15)18-7(4-17)5(6)1-2-16/h3,9H,1H2. The zero-order chi connectivity index (χ0) is 14.6. The third-order valence-electron chi connectivity index (χ3n) is 1.95. The fourth-order valence-electron chi connectivity index (χ4n) is 1.29. The number of halogens is 5. The summed E-state index contributed by atoms with van der Waals surface area (Å²) in [7, 11) is 0. The molecule has 1 aromatic heterocycles. The molecule has 0 fully saturated rings. The summed E-state index contributed by atoms with van der Waals surface area (Å²) >= 11 is 0. The molecule has 0 unspecified atom stereocenters. The SMILES string of the molecule is N#CCc1c(C(F)F)cc(OC(F)(F)F)nc1C#N. The van der Waals surface area contributed by atoms with Gasteiger partial charge >= 0.3 is 6.36 Å². The molecule has 0 aliphatic heterocycles. The Balaban J connectivity index is 3.38. The smallest absolute Gasteiger partial charge is 0.388 e. The van der Waals surface area contributed by atoms with Crippen LogP contribution in [0.3, 0.4) is 0 Å². The van der Waals surface area contributed by atoms with E-state index in [4.69, 9.17) is 10.5 Å². The van der Waals surface area contributed by atoms with E-state index in [2.05, 4.69) is 9.72 Å². The Morgan fingerprint density at radius 1 is 1.32 bits per heavy atom. The van der Waals surface area contributed by atoms with Crippen LogP contribution in [0, 0.1) is 22.7 Å². The normalized spacial score (nSPS) is 10.9. The van der Waals surface area contributed by atoms with E-state index < -0.39 is 41.9 Å². The van der Waals surface area contributed by atoms with E-state index in [1.807, 2.05) is 0 Å². The molecule has 19 heavy (non-hydrogen) atoms. The third-order valence-corrected chi connectivity index (χ3v) is 1.95. The molecule has 0 spiro atoms. The third kappa shape index (κ3) is 3.78. The molecular formula is C10H4F5N3O.